The van der Waals surface area contributed by atoms with Crippen molar-refractivity contribution < 1.29 is 18.3 Å². The van der Waals surface area contributed by atoms with Crippen molar-refractivity contribution in [2.75, 3.05) is 13.1 Å². The molecule has 1 atom stereocenters. The molecule has 122 valence electrons. The molecule has 2 aromatic heterocycles. The van der Waals surface area contributed by atoms with Gasteiger partial charge in [0.2, 0.25) is 10.0 Å². The van der Waals surface area contributed by atoms with Gasteiger partial charge in [0.25, 0.3) is 5.56 Å². The second-order valence-corrected chi connectivity index (χ2v) is 7.10. The highest BCUT2D eigenvalue weighted by Crippen LogP contribution is 2.24. The van der Waals surface area contributed by atoms with Crippen LogP contribution in [0.5, 0.6) is 0 Å². The van der Waals surface area contributed by atoms with Crippen molar-refractivity contribution in [1.29, 1.82) is 0 Å². The van der Waals surface area contributed by atoms with E-state index >= 15 is 0 Å². The smallest absolute Gasteiger partial charge is 0.327 e. The van der Waals surface area contributed by atoms with Gasteiger partial charge in [-0.05, 0) is 12.5 Å². The third kappa shape index (κ3) is 2.64. The van der Waals surface area contributed by atoms with Crippen LogP contribution in [0.2, 0.25) is 0 Å². The molecule has 0 saturated carbocycles. The Kier molecular flexibility index (Phi) is 3.53. The first-order valence-electron chi connectivity index (χ1n) is 6.64. The first kappa shape index (κ1) is 15.4. The second kappa shape index (κ2) is 5.28. The molecular formula is C12H12N4O6S. The number of H-pyrrole nitrogens is 2. The number of sulfonamides is 1. The maximum atomic E-state index is 12.5. The van der Waals surface area contributed by atoms with Crippen LogP contribution in [-0.2, 0) is 14.8 Å². The minimum absolute atomic E-state index is 0.0254. The Hall–Kier alpha value is -2.53. The van der Waals surface area contributed by atoms with Crippen molar-refractivity contribution in [2.45, 2.75) is 11.3 Å². The monoisotopic (exact) mass is 340 g/mol. The summed E-state index contributed by atoms with van der Waals surface area (Å²) in [5.74, 6) is -1.80. The van der Waals surface area contributed by atoms with E-state index in [0.29, 0.717) is 0 Å². The number of rotatable bonds is 3. The Morgan fingerprint density at radius 3 is 2.74 bits per heavy atom. The first-order valence-corrected chi connectivity index (χ1v) is 8.08. The lowest BCUT2D eigenvalue weighted by Gasteiger charge is -2.15. The number of nitrogens with zero attached hydrogens (tertiary/aromatic N) is 2. The van der Waals surface area contributed by atoms with E-state index in [1.807, 2.05) is 4.98 Å². The standard InChI is InChI=1S/C12H12N4O6S/c17-10-8-3-7(4-13-9(8)14-12(20)15-10)23(21,22)16-2-1-6(5-16)11(18)19/h3-4,6H,1-2,5H2,(H,18,19)(H2,13,14,15,17,20). The molecule has 1 fully saturated rings. The van der Waals surface area contributed by atoms with Crippen LogP contribution in [0.3, 0.4) is 0 Å². The quantitative estimate of drug-likeness (QED) is 0.628. The summed E-state index contributed by atoms with van der Waals surface area (Å²) in [5.41, 5.74) is -1.52. The van der Waals surface area contributed by atoms with Gasteiger partial charge in [0, 0.05) is 19.3 Å². The maximum absolute atomic E-state index is 12.5. The summed E-state index contributed by atoms with van der Waals surface area (Å²) < 4.78 is 26.1. The minimum atomic E-state index is -3.96. The molecule has 1 saturated heterocycles. The number of carboxylic acids is 1. The molecule has 0 spiro atoms. The van der Waals surface area contributed by atoms with E-state index < -0.39 is 33.2 Å². The van der Waals surface area contributed by atoms with Gasteiger partial charge in [-0.15, -0.1) is 0 Å². The summed E-state index contributed by atoms with van der Waals surface area (Å²) >= 11 is 0. The first-order chi connectivity index (χ1) is 10.8. The van der Waals surface area contributed by atoms with Gasteiger partial charge >= 0.3 is 11.7 Å². The van der Waals surface area contributed by atoms with Gasteiger partial charge in [-0.25, -0.2) is 18.2 Å². The zero-order chi connectivity index (χ0) is 16.8. The molecule has 0 aliphatic carbocycles. The highest BCUT2D eigenvalue weighted by Gasteiger charge is 2.36. The van der Waals surface area contributed by atoms with E-state index in [2.05, 4.69) is 9.97 Å². The number of carboxylic acid groups (broad SMARTS) is 1. The average Bonchev–Trinajstić information content (AvgIpc) is 2.97. The normalized spacial score (nSPS) is 19.2. The largest absolute Gasteiger partial charge is 0.481 e. The van der Waals surface area contributed by atoms with E-state index in [0.717, 1.165) is 16.6 Å². The Labute approximate surface area is 128 Å². The lowest BCUT2D eigenvalue weighted by molar-refractivity contribution is -0.141. The van der Waals surface area contributed by atoms with Crippen molar-refractivity contribution >= 4 is 27.0 Å². The topological polar surface area (TPSA) is 153 Å². The molecule has 1 unspecified atom stereocenters. The molecule has 11 heteroatoms. The zero-order valence-electron chi connectivity index (χ0n) is 11.6. The van der Waals surface area contributed by atoms with Crippen LogP contribution >= 0.6 is 0 Å². The van der Waals surface area contributed by atoms with E-state index in [1.165, 1.54) is 0 Å². The Morgan fingerprint density at radius 2 is 2.09 bits per heavy atom. The van der Waals surface area contributed by atoms with Crippen molar-refractivity contribution in [3.8, 4) is 0 Å². The molecule has 10 nitrogen and oxygen atoms in total. The van der Waals surface area contributed by atoms with Crippen molar-refractivity contribution in [3.63, 3.8) is 0 Å². The van der Waals surface area contributed by atoms with E-state index in [4.69, 9.17) is 5.11 Å². The third-order valence-electron chi connectivity index (χ3n) is 3.70. The SMILES string of the molecule is O=C(O)C1CCN(S(=O)(=O)c2cnc3[nH]c(=O)[nH]c(=O)c3c2)C1. The predicted octanol–water partition coefficient (Wildman–Crippen LogP) is -1.29. The predicted molar refractivity (Wildman–Crippen MR) is 77.5 cm³/mol. The van der Waals surface area contributed by atoms with Gasteiger partial charge < -0.3 is 5.11 Å². The van der Waals surface area contributed by atoms with Gasteiger partial charge in [0.05, 0.1) is 11.3 Å². The molecule has 3 N–H and O–H groups in total. The number of pyridine rings is 1. The second-order valence-electron chi connectivity index (χ2n) is 5.16. The Morgan fingerprint density at radius 1 is 1.35 bits per heavy atom. The van der Waals surface area contributed by atoms with Gasteiger partial charge in [0.1, 0.15) is 10.5 Å². The third-order valence-corrected chi connectivity index (χ3v) is 5.53. The van der Waals surface area contributed by atoms with Crippen LogP contribution in [-0.4, -0.2) is 51.8 Å². The van der Waals surface area contributed by atoms with Crippen molar-refractivity contribution in [2.24, 2.45) is 5.92 Å². The summed E-state index contributed by atoms with van der Waals surface area (Å²) in [5, 5.41) is 8.89. The number of hydrogen-bond donors (Lipinski definition) is 3. The molecule has 0 bridgehead atoms. The average molecular weight is 340 g/mol. The number of fused-ring (bicyclic) bond motifs is 1. The van der Waals surface area contributed by atoms with Crippen LogP contribution in [0.4, 0.5) is 0 Å². The molecule has 1 aliphatic heterocycles. The van der Waals surface area contributed by atoms with Crippen LogP contribution in [0.25, 0.3) is 11.0 Å². The lowest BCUT2D eigenvalue weighted by atomic mass is 10.1. The van der Waals surface area contributed by atoms with Gasteiger partial charge in [0.15, 0.2) is 0 Å². The zero-order valence-corrected chi connectivity index (χ0v) is 12.5. The molecule has 23 heavy (non-hydrogen) atoms. The minimum Gasteiger partial charge on any atom is -0.481 e. The summed E-state index contributed by atoms with van der Waals surface area (Å²) in [4.78, 5) is 41.7. The van der Waals surface area contributed by atoms with Gasteiger partial charge in [-0.1, -0.05) is 0 Å². The Balaban J connectivity index is 2.04. The van der Waals surface area contributed by atoms with Crippen LogP contribution < -0.4 is 11.2 Å². The summed E-state index contributed by atoms with van der Waals surface area (Å²) in [7, 11) is -3.96. The highest BCUT2D eigenvalue weighted by atomic mass is 32.2. The molecule has 1 aliphatic rings. The molecule has 0 aromatic carbocycles. The Bertz CT molecular complexity index is 1010. The summed E-state index contributed by atoms with van der Waals surface area (Å²) in [6, 6.07) is 1.11. The van der Waals surface area contributed by atoms with Crippen LogP contribution in [0.1, 0.15) is 6.42 Å². The lowest BCUT2D eigenvalue weighted by Crippen LogP contribution is -2.30. The number of carbonyl (C=O) groups is 1. The molecule has 0 radical (unpaired) electrons. The van der Waals surface area contributed by atoms with Gasteiger partial charge in [-0.3, -0.25) is 19.6 Å². The molecule has 3 rings (SSSR count). The number of aliphatic carboxylic acids is 1. The fourth-order valence-electron chi connectivity index (χ4n) is 2.47. The molecule has 3 heterocycles. The number of nitrogens with one attached hydrogen (secondary N) is 2. The number of hydrogen-bond acceptors (Lipinski definition) is 6. The number of aromatic nitrogens is 3. The van der Waals surface area contributed by atoms with Crippen LogP contribution in [0, 0.1) is 5.92 Å². The van der Waals surface area contributed by atoms with Gasteiger partial charge in [-0.2, -0.15) is 4.31 Å². The summed E-state index contributed by atoms with van der Waals surface area (Å²) in [6.07, 6.45) is 1.25. The molecule has 2 aromatic rings. The van der Waals surface area contributed by atoms with E-state index in [9.17, 15) is 22.8 Å². The molecular weight excluding hydrogens is 328 g/mol. The fraction of sp³-hybridized carbons (Fsp3) is 0.333. The van der Waals surface area contributed by atoms with Crippen molar-refractivity contribution in [1.82, 2.24) is 19.3 Å². The maximum Gasteiger partial charge on any atom is 0.327 e. The molecule has 0 amide bonds. The number of aromatic amines is 2. The summed E-state index contributed by atoms with van der Waals surface area (Å²) in [6.45, 7) is -0.0446. The fourth-order valence-corrected chi connectivity index (χ4v) is 3.94. The van der Waals surface area contributed by atoms with E-state index in [1.54, 1.807) is 0 Å². The van der Waals surface area contributed by atoms with E-state index in [-0.39, 0.29) is 35.4 Å². The van der Waals surface area contributed by atoms with Crippen LogP contribution in [0.15, 0.2) is 26.7 Å². The van der Waals surface area contributed by atoms with Crippen molar-refractivity contribution in [3.05, 3.63) is 33.1 Å². The highest BCUT2D eigenvalue weighted by molar-refractivity contribution is 7.89.